The number of nitrogens with two attached hydrogens (primary N) is 1. The number of hydrogen-bond donors (Lipinski definition) is 2. The molecule has 3 nitrogen and oxygen atoms in total. The number of nitrogens with zero attached hydrogens (tertiary/aromatic N) is 1. The first-order valence-corrected chi connectivity index (χ1v) is 2.68. The van der Waals surface area contributed by atoms with Crippen molar-refractivity contribution in [1.29, 1.82) is 0 Å². The number of anilines is 1. The molecule has 1 heterocycles. The molecule has 0 aliphatic carbocycles. The van der Waals surface area contributed by atoms with E-state index in [1.54, 1.807) is 6.07 Å². The molecule has 1 aromatic heterocycles. The molecule has 1 rings (SSSR count). The molecular formula is C6H9N2O+. The fourth-order valence-corrected chi connectivity index (χ4v) is 0.615. The molecule has 0 aliphatic rings. The van der Waals surface area contributed by atoms with Gasteiger partial charge in [-0.25, -0.2) is 0 Å². The molecule has 48 valence electrons. The first kappa shape index (κ1) is 5.88. The molecule has 3 heteroatoms. The van der Waals surface area contributed by atoms with Crippen LogP contribution in [-0.2, 0) is 0 Å². The first-order valence-electron chi connectivity index (χ1n) is 2.68. The number of aryl methyl sites for hydroxylation is 1. The van der Waals surface area contributed by atoms with Crippen molar-refractivity contribution in [3.8, 4) is 0 Å². The predicted molar refractivity (Wildman–Crippen MR) is 33.0 cm³/mol. The van der Waals surface area contributed by atoms with Gasteiger partial charge in [0.1, 0.15) is 6.20 Å². The summed E-state index contributed by atoms with van der Waals surface area (Å²) in [4.78, 5) is 0. The second-order valence-electron chi connectivity index (χ2n) is 1.92. The molecule has 0 radical (unpaired) electrons. The molecule has 0 bridgehead atoms. The van der Waals surface area contributed by atoms with Crippen molar-refractivity contribution in [2.24, 2.45) is 0 Å². The molecule has 0 saturated carbocycles. The SMILES string of the molecule is Cc1ccc[n+](O)c1N. The van der Waals surface area contributed by atoms with E-state index in [1.807, 2.05) is 13.0 Å². The predicted octanol–water partition coefficient (Wildman–Crippen LogP) is 0.102. The van der Waals surface area contributed by atoms with Crippen LogP contribution in [0.15, 0.2) is 18.3 Å². The van der Waals surface area contributed by atoms with Crippen molar-refractivity contribution in [2.75, 3.05) is 5.73 Å². The Bertz CT molecular complexity index is 202. The summed E-state index contributed by atoms with van der Waals surface area (Å²) in [5.41, 5.74) is 6.27. The van der Waals surface area contributed by atoms with E-state index >= 15 is 0 Å². The topological polar surface area (TPSA) is 50.1 Å². The van der Waals surface area contributed by atoms with E-state index in [2.05, 4.69) is 0 Å². The van der Waals surface area contributed by atoms with E-state index in [0.29, 0.717) is 5.82 Å². The third kappa shape index (κ3) is 0.937. The normalized spacial score (nSPS) is 9.44. The van der Waals surface area contributed by atoms with Crippen LogP contribution in [0.3, 0.4) is 0 Å². The molecule has 0 aliphatic heterocycles. The third-order valence-corrected chi connectivity index (χ3v) is 1.22. The van der Waals surface area contributed by atoms with Gasteiger partial charge in [0.15, 0.2) is 0 Å². The fourth-order valence-electron chi connectivity index (χ4n) is 0.615. The van der Waals surface area contributed by atoms with Crippen molar-refractivity contribution in [3.05, 3.63) is 23.9 Å². The van der Waals surface area contributed by atoms with E-state index in [0.717, 1.165) is 10.3 Å². The first-order chi connectivity index (χ1) is 4.22. The molecule has 0 aromatic carbocycles. The zero-order chi connectivity index (χ0) is 6.85. The monoisotopic (exact) mass is 125 g/mol. The summed E-state index contributed by atoms with van der Waals surface area (Å²) in [6.07, 6.45) is 1.49. The zero-order valence-electron chi connectivity index (χ0n) is 5.20. The second-order valence-corrected chi connectivity index (χ2v) is 1.92. The van der Waals surface area contributed by atoms with Crippen LogP contribution >= 0.6 is 0 Å². The number of hydrogen-bond acceptors (Lipinski definition) is 2. The molecule has 0 fully saturated rings. The summed E-state index contributed by atoms with van der Waals surface area (Å²) in [5, 5.41) is 8.89. The Hall–Kier alpha value is -1.25. The lowest BCUT2D eigenvalue weighted by Gasteiger charge is -1.93. The Morgan fingerprint density at radius 3 is 2.78 bits per heavy atom. The van der Waals surface area contributed by atoms with E-state index < -0.39 is 0 Å². The Labute approximate surface area is 53.3 Å². The molecular weight excluding hydrogens is 116 g/mol. The molecule has 0 unspecified atom stereocenters. The minimum Gasteiger partial charge on any atom is -0.350 e. The van der Waals surface area contributed by atoms with Gasteiger partial charge in [0, 0.05) is 5.56 Å². The highest BCUT2D eigenvalue weighted by molar-refractivity contribution is 5.31. The largest absolute Gasteiger partial charge is 0.350 e. The highest BCUT2D eigenvalue weighted by Crippen LogP contribution is 1.99. The number of aromatic nitrogens is 1. The minimum atomic E-state index is 0.387. The van der Waals surface area contributed by atoms with Crippen molar-refractivity contribution >= 4 is 5.82 Å². The van der Waals surface area contributed by atoms with E-state index in [1.165, 1.54) is 6.20 Å². The average molecular weight is 125 g/mol. The second kappa shape index (κ2) is 1.93. The Balaban J connectivity index is 3.25. The van der Waals surface area contributed by atoms with Gasteiger partial charge in [0.25, 0.3) is 0 Å². The van der Waals surface area contributed by atoms with Crippen LogP contribution in [0.1, 0.15) is 5.56 Å². The van der Waals surface area contributed by atoms with Crippen molar-refractivity contribution in [2.45, 2.75) is 6.92 Å². The molecule has 9 heavy (non-hydrogen) atoms. The quantitative estimate of drug-likeness (QED) is 0.381. The Morgan fingerprint density at radius 2 is 2.33 bits per heavy atom. The van der Waals surface area contributed by atoms with Gasteiger partial charge in [0.05, 0.1) is 0 Å². The maximum Gasteiger partial charge on any atom is 0.314 e. The lowest BCUT2D eigenvalue weighted by Crippen LogP contribution is -2.33. The van der Waals surface area contributed by atoms with Crippen LogP contribution in [0.5, 0.6) is 0 Å². The van der Waals surface area contributed by atoms with Gasteiger partial charge in [-0.3, -0.25) is 5.73 Å². The fraction of sp³-hybridized carbons (Fsp3) is 0.167. The molecule has 0 saturated heterocycles. The maximum atomic E-state index is 8.89. The van der Waals surface area contributed by atoms with Crippen molar-refractivity contribution < 1.29 is 9.94 Å². The van der Waals surface area contributed by atoms with Crippen LogP contribution in [0.25, 0.3) is 0 Å². The van der Waals surface area contributed by atoms with Gasteiger partial charge < -0.3 is 5.21 Å². The molecule has 3 N–H and O–H groups in total. The zero-order valence-corrected chi connectivity index (χ0v) is 5.20. The van der Waals surface area contributed by atoms with Gasteiger partial charge in [-0.2, -0.15) is 0 Å². The van der Waals surface area contributed by atoms with Crippen LogP contribution < -0.4 is 10.5 Å². The summed E-state index contributed by atoms with van der Waals surface area (Å²) >= 11 is 0. The number of rotatable bonds is 0. The lowest BCUT2D eigenvalue weighted by molar-refractivity contribution is -0.893. The van der Waals surface area contributed by atoms with Gasteiger partial charge >= 0.3 is 5.82 Å². The molecule has 0 spiro atoms. The summed E-state index contributed by atoms with van der Waals surface area (Å²) in [6, 6.07) is 3.56. The maximum absolute atomic E-state index is 8.89. The van der Waals surface area contributed by atoms with Crippen LogP contribution in [0.2, 0.25) is 0 Å². The van der Waals surface area contributed by atoms with Gasteiger partial charge in [-0.1, -0.05) is 4.73 Å². The van der Waals surface area contributed by atoms with Crippen LogP contribution in [0.4, 0.5) is 5.82 Å². The third-order valence-electron chi connectivity index (χ3n) is 1.22. The highest BCUT2D eigenvalue weighted by atomic mass is 16.5. The summed E-state index contributed by atoms with van der Waals surface area (Å²) in [7, 11) is 0. The van der Waals surface area contributed by atoms with Gasteiger partial charge in [-0.15, -0.1) is 0 Å². The lowest BCUT2D eigenvalue weighted by atomic mass is 10.3. The molecule has 1 aromatic rings. The molecule has 0 atom stereocenters. The van der Waals surface area contributed by atoms with E-state index in [-0.39, 0.29) is 0 Å². The summed E-state index contributed by atoms with van der Waals surface area (Å²) < 4.78 is 0.898. The average Bonchev–Trinajstić information content (AvgIpc) is 1.83. The van der Waals surface area contributed by atoms with Crippen LogP contribution in [0, 0.1) is 6.92 Å². The van der Waals surface area contributed by atoms with Crippen molar-refractivity contribution in [3.63, 3.8) is 0 Å². The Kier molecular flexibility index (Phi) is 1.26. The van der Waals surface area contributed by atoms with Crippen LogP contribution in [-0.4, -0.2) is 5.21 Å². The minimum absolute atomic E-state index is 0.387. The summed E-state index contributed by atoms with van der Waals surface area (Å²) in [6.45, 7) is 1.84. The van der Waals surface area contributed by atoms with E-state index in [9.17, 15) is 0 Å². The standard InChI is InChI=1S/C6H8N2O/c1-5-3-2-4-8(9)6(5)7/h2-4,7,9H,1H3/p+1. The highest BCUT2D eigenvalue weighted by Gasteiger charge is 2.02. The van der Waals surface area contributed by atoms with Crippen molar-refractivity contribution in [1.82, 2.24) is 0 Å². The van der Waals surface area contributed by atoms with Gasteiger partial charge in [0.2, 0.25) is 0 Å². The smallest absolute Gasteiger partial charge is 0.314 e. The van der Waals surface area contributed by atoms with Gasteiger partial charge in [-0.05, 0) is 19.1 Å². The number of nitrogen functional groups attached to an aromatic ring is 1. The summed E-state index contributed by atoms with van der Waals surface area (Å²) in [5.74, 6) is 0.387. The number of pyridine rings is 1. The Morgan fingerprint density at radius 1 is 1.67 bits per heavy atom. The molecule has 0 amide bonds. The van der Waals surface area contributed by atoms with E-state index in [4.69, 9.17) is 10.9 Å².